The molecule has 0 radical (unpaired) electrons. The van der Waals surface area contributed by atoms with Gasteiger partial charge in [0.25, 0.3) is 5.91 Å². The fourth-order valence-corrected chi connectivity index (χ4v) is 2.71. The van der Waals surface area contributed by atoms with Crippen LogP contribution in [0.5, 0.6) is 5.75 Å². The lowest BCUT2D eigenvalue weighted by atomic mass is 9.87. The molecule has 1 heterocycles. The normalized spacial score (nSPS) is 15.9. The Morgan fingerprint density at radius 2 is 1.78 bits per heavy atom. The van der Waals surface area contributed by atoms with Gasteiger partial charge in [0.1, 0.15) is 5.75 Å². The number of benzene rings is 1. The molecular formula is C18H29ClN2O2. The summed E-state index contributed by atoms with van der Waals surface area (Å²) in [7, 11) is 1.98. The van der Waals surface area contributed by atoms with Gasteiger partial charge in [0.05, 0.1) is 0 Å². The van der Waals surface area contributed by atoms with Gasteiger partial charge in [-0.2, -0.15) is 0 Å². The van der Waals surface area contributed by atoms with Gasteiger partial charge in [0, 0.05) is 19.1 Å². The van der Waals surface area contributed by atoms with Crippen molar-refractivity contribution in [1.29, 1.82) is 0 Å². The molecule has 1 aromatic rings. The quantitative estimate of drug-likeness (QED) is 0.916. The van der Waals surface area contributed by atoms with E-state index in [1.54, 1.807) is 0 Å². The maximum Gasteiger partial charge on any atom is 0.260 e. The summed E-state index contributed by atoms with van der Waals surface area (Å²) in [6.07, 6.45) is 2.03. The molecule has 1 saturated heterocycles. The van der Waals surface area contributed by atoms with Gasteiger partial charge in [-0.3, -0.25) is 4.79 Å². The molecule has 1 aliphatic rings. The molecule has 5 heteroatoms. The average molecular weight is 341 g/mol. The van der Waals surface area contributed by atoms with Crippen LogP contribution in [0.4, 0.5) is 0 Å². The van der Waals surface area contributed by atoms with Crippen LogP contribution >= 0.6 is 12.4 Å². The Bertz CT molecular complexity index is 489. The van der Waals surface area contributed by atoms with Gasteiger partial charge < -0.3 is 15.0 Å². The molecule has 1 fully saturated rings. The zero-order chi connectivity index (χ0) is 16.2. The first-order chi connectivity index (χ1) is 10.4. The van der Waals surface area contributed by atoms with Crippen LogP contribution in [0.2, 0.25) is 0 Å². The fourth-order valence-electron chi connectivity index (χ4n) is 2.71. The molecule has 130 valence electrons. The standard InChI is InChI=1S/C18H28N2O2.ClH/c1-18(2,3)14-5-7-16(8-6-14)22-13-17(21)20-11-9-15(19-4)10-12-20;/h5-8,15,19H,9-13H2,1-4H3;1H. The number of hydrogen-bond donors (Lipinski definition) is 1. The monoisotopic (exact) mass is 340 g/mol. The summed E-state index contributed by atoms with van der Waals surface area (Å²) < 4.78 is 5.64. The van der Waals surface area contributed by atoms with Gasteiger partial charge in [-0.1, -0.05) is 32.9 Å². The first-order valence-corrected chi connectivity index (χ1v) is 8.08. The highest BCUT2D eigenvalue weighted by Crippen LogP contribution is 2.24. The van der Waals surface area contributed by atoms with E-state index >= 15 is 0 Å². The largest absolute Gasteiger partial charge is 0.484 e. The second-order valence-corrected chi connectivity index (χ2v) is 7.01. The molecule has 0 unspecified atom stereocenters. The van der Waals surface area contributed by atoms with E-state index in [2.05, 4.69) is 38.2 Å². The average Bonchev–Trinajstić information content (AvgIpc) is 2.52. The minimum atomic E-state index is 0. The van der Waals surface area contributed by atoms with Gasteiger partial charge in [0.15, 0.2) is 6.61 Å². The van der Waals surface area contributed by atoms with Crippen LogP contribution in [0.15, 0.2) is 24.3 Å². The number of rotatable bonds is 4. The molecule has 2 rings (SSSR count). The van der Waals surface area contributed by atoms with Crippen molar-refractivity contribution in [2.24, 2.45) is 0 Å². The topological polar surface area (TPSA) is 41.6 Å². The summed E-state index contributed by atoms with van der Waals surface area (Å²) in [6, 6.07) is 8.56. The third-order valence-corrected chi connectivity index (χ3v) is 4.34. The van der Waals surface area contributed by atoms with E-state index in [1.807, 2.05) is 24.1 Å². The van der Waals surface area contributed by atoms with Crippen LogP contribution in [0, 0.1) is 0 Å². The third-order valence-electron chi connectivity index (χ3n) is 4.34. The van der Waals surface area contributed by atoms with Gasteiger partial charge in [-0.15, -0.1) is 12.4 Å². The minimum absolute atomic E-state index is 0. The number of amides is 1. The van der Waals surface area contributed by atoms with Crippen molar-refractivity contribution in [3.05, 3.63) is 29.8 Å². The number of carbonyl (C=O) groups excluding carboxylic acids is 1. The van der Waals surface area contributed by atoms with Crippen LogP contribution in [-0.4, -0.2) is 43.6 Å². The summed E-state index contributed by atoms with van der Waals surface area (Å²) in [5.41, 5.74) is 1.40. The smallest absolute Gasteiger partial charge is 0.260 e. The molecule has 0 spiro atoms. The third kappa shape index (κ3) is 5.70. The zero-order valence-electron chi connectivity index (χ0n) is 14.6. The molecule has 1 aliphatic heterocycles. The van der Waals surface area contributed by atoms with Crippen molar-refractivity contribution in [2.75, 3.05) is 26.7 Å². The molecule has 0 aliphatic carbocycles. The van der Waals surface area contributed by atoms with Crippen LogP contribution in [0.1, 0.15) is 39.2 Å². The second-order valence-electron chi connectivity index (χ2n) is 7.01. The highest BCUT2D eigenvalue weighted by Gasteiger charge is 2.22. The van der Waals surface area contributed by atoms with E-state index in [1.165, 1.54) is 5.56 Å². The Morgan fingerprint density at radius 1 is 1.22 bits per heavy atom. The lowest BCUT2D eigenvalue weighted by Gasteiger charge is -2.31. The Hall–Kier alpha value is -1.26. The fraction of sp³-hybridized carbons (Fsp3) is 0.611. The van der Waals surface area contributed by atoms with Crippen molar-refractivity contribution in [3.8, 4) is 5.75 Å². The molecular weight excluding hydrogens is 312 g/mol. The van der Waals surface area contributed by atoms with Gasteiger partial charge >= 0.3 is 0 Å². The molecule has 0 aromatic heterocycles. The summed E-state index contributed by atoms with van der Waals surface area (Å²) in [5, 5.41) is 3.27. The highest BCUT2D eigenvalue weighted by atomic mass is 35.5. The highest BCUT2D eigenvalue weighted by molar-refractivity contribution is 5.85. The van der Waals surface area contributed by atoms with Gasteiger partial charge in [-0.05, 0) is 43.0 Å². The Balaban J connectivity index is 0.00000264. The van der Waals surface area contributed by atoms with Crippen LogP contribution in [0.3, 0.4) is 0 Å². The van der Waals surface area contributed by atoms with E-state index in [9.17, 15) is 4.79 Å². The summed E-state index contributed by atoms with van der Waals surface area (Å²) in [5.74, 6) is 0.834. The predicted molar refractivity (Wildman–Crippen MR) is 96.5 cm³/mol. The van der Waals surface area contributed by atoms with E-state index in [4.69, 9.17) is 4.74 Å². The SMILES string of the molecule is CNC1CCN(C(=O)COc2ccc(C(C)(C)C)cc2)CC1.Cl. The number of hydrogen-bond acceptors (Lipinski definition) is 3. The summed E-state index contributed by atoms with van der Waals surface area (Å²) in [4.78, 5) is 14.1. The number of nitrogens with one attached hydrogen (secondary N) is 1. The van der Waals surface area contributed by atoms with Crippen LogP contribution in [0.25, 0.3) is 0 Å². The Labute approximate surface area is 146 Å². The van der Waals surface area contributed by atoms with Crippen molar-refractivity contribution in [3.63, 3.8) is 0 Å². The zero-order valence-corrected chi connectivity index (χ0v) is 15.4. The minimum Gasteiger partial charge on any atom is -0.484 e. The summed E-state index contributed by atoms with van der Waals surface area (Å²) >= 11 is 0. The number of piperidine rings is 1. The maximum absolute atomic E-state index is 12.2. The Kier molecular flexibility index (Phi) is 7.36. The molecule has 23 heavy (non-hydrogen) atoms. The molecule has 0 atom stereocenters. The molecule has 0 saturated carbocycles. The summed E-state index contributed by atoms with van der Waals surface area (Å²) in [6.45, 7) is 8.30. The first kappa shape index (κ1) is 19.8. The second kappa shape index (κ2) is 8.55. The number of likely N-dealkylation sites (tertiary alicyclic amines) is 1. The molecule has 4 nitrogen and oxygen atoms in total. The Morgan fingerprint density at radius 3 is 2.26 bits per heavy atom. The van der Waals surface area contributed by atoms with Gasteiger partial charge in [-0.25, -0.2) is 0 Å². The van der Waals surface area contributed by atoms with Gasteiger partial charge in [0.2, 0.25) is 0 Å². The van der Waals surface area contributed by atoms with E-state index in [0.717, 1.165) is 31.7 Å². The lowest BCUT2D eigenvalue weighted by Crippen LogP contribution is -2.45. The van der Waals surface area contributed by atoms with E-state index in [-0.39, 0.29) is 30.3 Å². The maximum atomic E-state index is 12.2. The van der Waals surface area contributed by atoms with Crippen molar-refractivity contribution >= 4 is 18.3 Å². The van der Waals surface area contributed by atoms with E-state index < -0.39 is 0 Å². The van der Waals surface area contributed by atoms with Crippen molar-refractivity contribution < 1.29 is 9.53 Å². The number of nitrogens with zero attached hydrogens (tertiary/aromatic N) is 1. The number of halogens is 1. The molecule has 1 N–H and O–H groups in total. The predicted octanol–water partition coefficient (Wildman–Crippen LogP) is 3.00. The molecule has 0 bridgehead atoms. The van der Waals surface area contributed by atoms with Crippen LogP contribution < -0.4 is 10.1 Å². The van der Waals surface area contributed by atoms with Crippen molar-refractivity contribution in [2.45, 2.75) is 45.1 Å². The van der Waals surface area contributed by atoms with Crippen molar-refractivity contribution in [1.82, 2.24) is 10.2 Å². The lowest BCUT2D eigenvalue weighted by molar-refractivity contribution is -0.134. The molecule has 1 amide bonds. The molecule has 1 aromatic carbocycles. The number of ether oxygens (including phenoxy) is 1. The number of carbonyl (C=O) groups is 1. The first-order valence-electron chi connectivity index (χ1n) is 8.08. The van der Waals surface area contributed by atoms with E-state index in [0.29, 0.717) is 6.04 Å². The van der Waals surface area contributed by atoms with Crippen LogP contribution in [-0.2, 0) is 10.2 Å².